The van der Waals surface area contributed by atoms with E-state index in [4.69, 9.17) is 10.5 Å². The van der Waals surface area contributed by atoms with Crippen LogP contribution in [0.4, 0.5) is 4.39 Å². The molecule has 16 heavy (non-hydrogen) atoms. The third kappa shape index (κ3) is 3.03. The maximum absolute atomic E-state index is 13.1. The van der Waals surface area contributed by atoms with Crippen molar-refractivity contribution in [1.82, 2.24) is 0 Å². The van der Waals surface area contributed by atoms with E-state index in [1.165, 1.54) is 6.07 Å². The Labute approximate surface area is 96.6 Å². The average Bonchev–Trinajstić information content (AvgIpc) is 2.28. The molecule has 2 nitrogen and oxygen atoms in total. The maximum Gasteiger partial charge on any atom is 0.126 e. The highest BCUT2D eigenvalue weighted by atomic mass is 19.1. The van der Waals surface area contributed by atoms with Gasteiger partial charge in [-0.3, -0.25) is 0 Å². The van der Waals surface area contributed by atoms with Crippen LogP contribution < -0.4 is 5.73 Å². The smallest absolute Gasteiger partial charge is 0.126 e. The highest BCUT2D eigenvalue weighted by molar-refractivity contribution is 5.27. The van der Waals surface area contributed by atoms with Gasteiger partial charge in [0.1, 0.15) is 5.82 Å². The number of nitrogens with two attached hydrogens (primary N) is 1. The van der Waals surface area contributed by atoms with Crippen LogP contribution in [0, 0.1) is 12.7 Å². The second-order valence-electron chi connectivity index (χ2n) is 4.10. The molecule has 0 aliphatic heterocycles. The molecule has 0 aromatic heterocycles. The fourth-order valence-electron chi connectivity index (χ4n) is 1.82. The Balaban J connectivity index is 2.85. The lowest BCUT2D eigenvalue weighted by Gasteiger charge is -2.22. The molecule has 0 spiro atoms. The largest absolute Gasteiger partial charge is 0.379 e. The molecule has 1 aromatic rings. The third-order valence-corrected chi connectivity index (χ3v) is 2.84. The first-order valence-electron chi connectivity index (χ1n) is 5.64. The lowest BCUT2D eigenvalue weighted by Crippen LogP contribution is -2.28. The van der Waals surface area contributed by atoms with E-state index in [0.29, 0.717) is 5.56 Å². The molecule has 0 saturated carbocycles. The normalized spacial score (nSPS) is 14.8. The highest BCUT2D eigenvalue weighted by Crippen LogP contribution is 2.21. The van der Waals surface area contributed by atoms with E-state index in [1.807, 2.05) is 0 Å². The standard InChI is InChI=1S/C13H20FNO/c1-4-5-12(16-3)13(15)10-6-7-11(14)9(2)8-10/h6-8,12-13H,4-5,15H2,1-3H3. The Bertz CT molecular complexity index is 341. The second kappa shape index (κ2) is 5.97. The summed E-state index contributed by atoms with van der Waals surface area (Å²) in [6.45, 7) is 3.84. The van der Waals surface area contributed by atoms with Crippen molar-refractivity contribution in [3.05, 3.63) is 35.1 Å². The van der Waals surface area contributed by atoms with E-state index >= 15 is 0 Å². The second-order valence-corrected chi connectivity index (χ2v) is 4.10. The number of hydrogen-bond donors (Lipinski definition) is 1. The number of aryl methyl sites for hydroxylation is 1. The van der Waals surface area contributed by atoms with Crippen molar-refractivity contribution < 1.29 is 9.13 Å². The van der Waals surface area contributed by atoms with E-state index in [-0.39, 0.29) is 18.0 Å². The number of rotatable bonds is 5. The van der Waals surface area contributed by atoms with Crippen molar-refractivity contribution in [2.75, 3.05) is 7.11 Å². The van der Waals surface area contributed by atoms with Gasteiger partial charge in [-0.1, -0.05) is 25.5 Å². The van der Waals surface area contributed by atoms with E-state index in [2.05, 4.69) is 6.92 Å². The van der Waals surface area contributed by atoms with E-state index in [9.17, 15) is 4.39 Å². The monoisotopic (exact) mass is 225 g/mol. The van der Waals surface area contributed by atoms with Gasteiger partial charge >= 0.3 is 0 Å². The summed E-state index contributed by atoms with van der Waals surface area (Å²) in [6, 6.07) is 4.80. The molecule has 0 radical (unpaired) electrons. The average molecular weight is 225 g/mol. The SMILES string of the molecule is CCCC(OC)C(N)c1ccc(F)c(C)c1. The van der Waals surface area contributed by atoms with Crippen molar-refractivity contribution in [3.63, 3.8) is 0 Å². The van der Waals surface area contributed by atoms with Gasteiger partial charge in [0.05, 0.1) is 12.1 Å². The minimum Gasteiger partial charge on any atom is -0.379 e. The van der Waals surface area contributed by atoms with Gasteiger partial charge in [0.15, 0.2) is 0 Å². The van der Waals surface area contributed by atoms with Crippen LogP contribution in [-0.4, -0.2) is 13.2 Å². The van der Waals surface area contributed by atoms with Crippen molar-refractivity contribution in [3.8, 4) is 0 Å². The Morgan fingerprint density at radius 2 is 2.12 bits per heavy atom. The molecule has 2 N–H and O–H groups in total. The minimum absolute atomic E-state index is 0.00476. The third-order valence-electron chi connectivity index (χ3n) is 2.84. The zero-order valence-corrected chi connectivity index (χ0v) is 10.2. The molecule has 0 heterocycles. The molecule has 3 heteroatoms. The molecule has 0 amide bonds. The Morgan fingerprint density at radius 1 is 1.44 bits per heavy atom. The number of benzene rings is 1. The summed E-state index contributed by atoms with van der Waals surface area (Å²) >= 11 is 0. The molecule has 0 fully saturated rings. The lowest BCUT2D eigenvalue weighted by atomic mass is 9.97. The van der Waals surface area contributed by atoms with Gasteiger partial charge in [-0.15, -0.1) is 0 Å². The minimum atomic E-state index is -0.194. The molecule has 1 aromatic carbocycles. The molecule has 0 saturated heterocycles. The summed E-state index contributed by atoms with van der Waals surface area (Å²) < 4.78 is 18.5. The predicted octanol–water partition coefficient (Wildman–Crippen LogP) is 2.95. The van der Waals surface area contributed by atoms with Crippen molar-refractivity contribution >= 4 is 0 Å². The van der Waals surface area contributed by atoms with Gasteiger partial charge in [0, 0.05) is 7.11 Å². The summed E-state index contributed by atoms with van der Waals surface area (Å²) in [5, 5.41) is 0. The van der Waals surface area contributed by atoms with Crippen LogP contribution in [0.2, 0.25) is 0 Å². The molecule has 1 rings (SSSR count). The zero-order chi connectivity index (χ0) is 12.1. The van der Waals surface area contributed by atoms with Gasteiger partial charge in [0.25, 0.3) is 0 Å². The number of halogens is 1. The molecule has 90 valence electrons. The van der Waals surface area contributed by atoms with Crippen LogP contribution in [0.25, 0.3) is 0 Å². The quantitative estimate of drug-likeness (QED) is 0.836. The van der Waals surface area contributed by atoms with Gasteiger partial charge in [-0.05, 0) is 30.5 Å². The number of hydrogen-bond acceptors (Lipinski definition) is 2. The van der Waals surface area contributed by atoms with Crippen LogP contribution in [0.3, 0.4) is 0 Å². The Hall–Kier alpha value is -0.930. The van der Waals surface area contributed by atoms with Crippen LogP contribution in [0.5, 0.6) is 0 Å². The van der Waals surface area contributed by atoms with Crippen molar-refractivity contribution in [1.29, 1.82) is 0 Å². The lowest BCUT2D eigenvalue weighted by molar-refractivity contribution is 0.0725. The molecular weight excluding hydrogens is 205 g/mol. The predicted molar refractivity (Wildman–Crippen MR) is 63.8 cm³/mol. The van der Waals surface area contributed by atoms with Gasteiger partial charge < -0.3 is 10.5 Å². The first-order valence-corrected chi connectivity index (χ1v) is 5.64. The van der Waals surface area contributed by atoms with Crippen LogP contribution in [-0.2, 0) is 4.74 Å². The summed E-state index contributed by atoms with van der Waals surface area (Å²) in [5.41, 5.74) is 7.66. The summed E-state index contributed by atoms with van der Waals surface area (Å²) in [5.74, 6) is -0.194. The molecule has 2 atom stereocenters. The van der Waals surface area contributed by atoms with Gasteiger partial charge in [-0.2, -0.15) is 0 Å². The highest BCUT2D eigenvalue weighted by Gasteiger charge is 2.18. The summed E-state index contributed by atoms with van der Waals surface area (Å²) in [7, 11) is 1.66. The Morgan fingerprint density at radius 3 is 2.62 bits per heavy atom. The van der Waals surface area contributed by atoms with Gasteiger partial charge in [-0.25, -0.2) is 4.39 Å². The fourth-order valence-corrected chi connectivity index (χ4v) is 1.82. The van der Waals surface area contributed by atoms with E-state index in [0.717, 1.165) is 18.4 Å². The summed E-state index contributed by atoms with van der Waals surface area (Å²) in [4.78, 5) is 0. The molecule has 0 aliphatic rings. The van der Waals surface area contributed by atoms with E-state index < -0.39 is 0 Å². The molecule has 0 bridgehead atoms. The van der Waals surface area contributed by atoms with Crippen LogP contribution >= 0.6 is 0 Å². The van der Waals surface area contributed by atoms with Crippen molar-refractivity contribution in [2.24, 2.45) is 5.73 Å². The summed E-state index contributed by atoms with van der Waals surface area (Å²) in [6.07, 6.45) is 1.93. The van der Waals surface area contributed by atoms with Crippen LogP contribution in [0.15, 0.2) is 18.2 Å². The topological polar surface area (TPSA) is 35.2 Å². The first kappa shape index (κ1) is 13.1. The number of ether oxygens (including phenoxy) is 1. The van der Waals surface area contributed by atoms with Gasteiger partial charge in [0.2, 0.25) is 0 Å². The van der Waals surface area contributed by atoms with E-state index in [1.54, 1.807) is 26.2 Å². The molecule has 0 aliphatic carbocycles. The van der Waals surface area contributed by atoms with Crippen LogP contribution in [0.1, 0.15) is 36.9 Å². The fraction of sp³-hybridized carbons (Fsp3) is 0.538. The Kier molecular flexibility index (Phi) is 4.90. The maximum atomic E-state index is 13.1. The van der Waals surface area contributed by atoms with Crippen molar-refractivity contribution in [2.45, 2.75) is 38.8 Å². The number of methoxy groups -OCH3 is 1. The zero-order valence-electron chi connectivity index (χ0n) is 10.2. The first-order chi connectivity index (χ1) is 7.60. The molecular formula is C13H20FNO. The molecule has 2 unspecified atom stereocenters.